The first-order valence-electron chi connectivity index (χ1n) is 5.48. The highest BCUT2D eigenvalue weighted by Gasteiger charge is 2.14. The molecule has 0 unspecified atom stereocenters. The standard InChI is InChI=1S/C14H13N3O/c15-16-13(11-7-3-1-4-8-11)14(17-18)12-9-5-2-6-10-12/h1-10,18H,15H2/b16-13+,17-14+. The lowest BCUT2D eigenvalue weighted by atomic mass is 10.00. The molecule has 0 aliphatic rings. The van der Waals surface area contributed by atoms with Crippen LogP contribution >= 0.6 is 0 Å². The van der Waals surface area contributed by atoms with Crippen LogP contribution in [-0.4, -0.2) is 16.6 Å². The SMILES string of the molecule is N/N=C(/C(=N/O)c1ccccc1)c1ccccc1. The molecule has 0 spiro atoms. The van der Waals surface area contributed by atoms with Gasteiger partial charge in [0.15, 0.2) is 0 Å². The number of hydrazone groups is 1. The van der Waals surface area contributed by atoms with Crippen molar-refractivity contribution < 1.29 is 5.21 Å². The third kappa shape index (κ3) is 2.38. The van der Waals surface area contributed by atoms with Crippen LogP contribution in [0.5, 0.6) is 0 Å². The van der Waals surface area contributed by atoms with Gasteiger partial charge in [0.2, 0.25) is 0 Å². The van der Waals surface area contributed by atoms with Crippen LogP contribution in [0.1, 0.15) is 11.1 Å². The summed E-state index contributed by atoms with van der Waals surface area (Å²) in [4.78, 5) is 0. The molecule has 4 nitrogen and oxygen atoms in total. The van der Waals surface area contributed by atoms with E-state index in [9.17, 15) is 5.21 Å². The second-order valence-corrected chi connectivity index (χ2v) is 3.66. The van der Waals surface area contributed by atoms with Crippen molar-refractivity contribution in [3.05, 3.63) is 71.8 Å². The normalized spacial score (nSPS) is 12.4. The molecule has 0 fully saturated rings. The number of nitrogens with zero attached hydrogens (tertiary/aromatic N) is 2. The number of benzene rings is 2. The van der Waals surface area contributed by atoms with Gasteiger partial charge in [0.1, 0.15) is 11.4 Å². The largest absolute Gasteiger partial charge is 0.410 e. The summed E-state index contributed by atoms with van der Waals surface area (Å²) in [6.45, 7) is 0. The zero-order chi connectivity index (χ0) is 12.8. The Morgan fingerprint density at radius 2 is 1.22 bits per heavy atom. The van der Waals surface area contributed by atoms with E-state index >= 15 is 0 Å². The molecular weight excluding hydrogens is 226 g/mol. The fourth-order valence-electron chi connectivity index (χ4n) is 1.71. The van der Waals surface area contributed by atoms with E-state index in [1.54, 1.807) is 0 Å². The summed E-state index contributed by atoms with van der Waals surface area (Å²) in [7, 11) is 0. The van der Waals surface area contributed by atoms with E-state index in [2.05, 4.69) is 10.3 Å². The van der Waals surface area contributed by atoms with Gasteiger partial charge in [-0.3, -0.25) is 0 Å². The van der Waals surface area contributed by atoms with Crippen molar-refractivity contribution in [3.8, 4) is 0 Å². The van der Waals surface area contributed by atoms with Crippen LogP contribution in [0.15, 0.2) is 70.9 Å². The minimum atomic E-state index is 0.351. The van der Waals surface area contributed by atoms with E-state index in [0.717, 1.165) is 11.1 Å². The van der Waals surface area contributed by atoms with E-state index in [0.29, 0.717) is 11.4 Å². The van der Waals surface area contributed by atoms with E-state index < -0.39 is 0 Å². The van der Waals surface area contributed by atoms with Crippen molar-refractivity contribution in [1.29, 1.82) is 0 Å². The smallest absolute Gasteiger partial charge is 0.137 e. The van der Waals surface area contributed by atoms with Crippen molar-refractivity contribution in [2.45, 2.75) is 0 Å². The highest BCUT2D eigenvalue weighted by molar-refractivity contribution is 6.53. The Bertz CT molecular complexity index is 509. The van der Waals surface area contributed by atoms with Gasteiger partial charge in [-0.05, 0) is 0 Å². The Labute approximate surface area is 105 Å². The third-order valence-corrected chi connectivity index (χ3v) is 2.55. The molecule has 2 aromatic rings. The summed E-state index contributed by atoms with van der Waals surface area (Å²) >= 11 is 0. The molecule has 0 aromatic heterocycles. The zero-order valence-electron chi connectivity index (χ0n) is 9.69. The van der Waals surface area contributed by atoms with Crippen molar-refractivity contribution in [2.75, 3.05) is 0 Å². The maximum atomic E-state index is 9.19. The predicted molar refractivity (Wildman–Crippen MR) is 71.9 cm³/mol. The second kappa shape index (κ2) is 5.63. The van der Waals surface area contributed by atoms with Gasteiger partial charge in [0, 0.05) is 11.1 Å². The molecule has 0 saturated carbocycles. The molecular formula is C14H13N3O. The number of nitrogens with two attached hydrogens (primary N) is 1. The Kier molecular flexibility index (Phi) is 3.71. The molecule has 2 aromatic carbocycles. The van der Waals surface area contributed by atoms with Crippen LogP contribution in [-0.2, 0) is 0 Å². The molecule has 90 valence electrons. The van der Waals surface area contributed by atoms with Crippen LogP contribution in [0, 0.1) is 0 Å². The van der Waals surface area contributed by atoms with Crippen molar-refractivity contribution in [3.63, 3.8) is 0 Å². The van der Waals surface area contributed by atoms with Crippen molar-refractivity contribution in [2.24, 2.45) is 16.1 Å². The summed E-state index contributed by atoms with van der Waals surface area (Å²) in [5, 5.41) is 16.2. The molecule has 0 aliphatic heterocycles. The monoisotopic (exact) mass is 239 g/mol. The molecule has 0 bridgehead atoms. The van der Waals surface area contributed by atoms with Gasteiger partial charge < -0.3 is 11.0 Å². The van der Waals surface area contributed by atoms with Crippen molar-refractivity contribution >= 4 is 11.4 Å². The van der Waals surface area contributed by atoms with Crippen LogP contribution in [0.3, 0.4) is 0 Å². The third-order valence-electron chi connectivity index (χ3n) is 2.55. The maximum absolute atomic E-state index is 9.19. The molecule has 0 radical (unpaired) electrons. The lowest BCUT2D eigenvalue weighted by Gasteiger charge is -2.07. The summed E-state index contributed by atoms with van der Waals surface area (Å²) in [5.74, 6) is 5.41. The van der Waals surface area contributed by atoms with Gasteiger partial charge in [0.05, 0.1) is 0 Å². The minimum absolute atomic E-state index is 0.351. The molecule has 4 heteroatoms. The molecule has 0 saturated heterocycles. The highest BCUT2D eigenvalue weighted by atomic mass is 16.4. The van der Waals surface area contributed by atoms with Gasteiger partial charge in [-0.25, -0.2) is 0 Å². The van der Waals surface area contributed by atoms with Gasteiger partial charge in [0.25, 0.3) is 0 Å². The highest BCUT2D eigenvalue weighted by Crippen LogP contribution is 2.09. The average Bonchev–Trinajstić information content (AvgIpc) is 2.46. The first-order chi connectivity index (χ1) is 8.86. The van der Waals surface area contributed by atoms with E-state index in [1.165, 1.54) is 0 Å². The second-order valence-electron chi connectivity index (χ2n) is 3.66. The molecule has 2 rings (SSSR count). The quantitative estimate of drug-likeness (QED) is 0.373. The van der Waals surface area contributed by atoms with Crippen LogP contribution in [0.2, 0.25) is 0 Å². The Balaban J connectivity index is 2.45. The molecule has 18 heavy (non-hydrogen) atoms. The molecule has 3 N–H and O–H groups in total. The first-order valence-corrected chi connectivity index (χ1v) is 5.48. The van der Waals surface area contributed by atoms with Crippen LogP contribution in [0.4, 0.5) is 0 Å². The lowest BCUT2D eigenvalue weighted by Crippen LogP contribution is -2.19. The van der Waals surface area contributed by atoms with E-state index in [4.69, 9.17) is 5.84 Å². The van der Waals surface area contributed by atoms with Gasteiger partial charge in [-0.1, -0.05) is 65.8 Å². The maximum Gasteiger partial charge on any atom is 0.137 e. The number of rotatable bonds is 3. The average molecular weight is 239 g/mol. The Morgan fingerprint density at radius 3 is 1.61 bits per heavy atom. The Hall–Kier alpha value is -2.62. The van der Waals surface area contributed by atoms with Gasteiger partial charge >= 0.3 is 0 Å². The number of hydrogen-bond acceptors (Lipinski definition) is 4. The van der Waals surface area contributed by atoms with Gasteiger partial charge in [-0.15, -0.1) is 0 Å². The van der Waals surface area contributed by atoms with Crippen LogP contribution < -0.4 is 5.84 Å². The van der Waals surface area contributed by atoms with E-state index in [1.807, 2.05) is 60.7 Å². The lowest BCUT2D eigenvalue weighted by molar-refractivity contribution is 0.320. The first kappa shape index (κ1) is 11.9. The van der Waals surface area contributed by atoms with Crippen molar-refractivity contribution in [1.82, 2.24) is 0 Å². The van der Waals surface area contributed by atoms with Gasteiger partial charge in [-0.2, -0.15) is 5.10 Å². The summed E-state index contributed by atoms with van der Waals surface area (Å²) in [5.41, 5.74) is 2.36. The molecule has 0 heterocycles. The topological polar surface area (TPSA) is 71.0 Å². The number of oxime groups is 1. The minimum Gasteiger partial charge on any atom is -0.410 e. The number of hydrogen-bond donors (Lipinski definition) is 2. The Morgan fingerprint density at radius 1 is 0.778 bits per heavy atom. The summed E-state index contributed by atoms with van der Waals surface area (Å²) in [6, 6.07) is 18.7. The zero-order valence-corrected chi connectivity index (χ0v) is 9.69. The summed E-state index contributed by atoms with van der Waals surface area (Å²) in [6.07, 6.45) is 0. The predicted octanol–water partition coefficient (Wildman–Crippen LogP) is 2.23. The fraction of sp³-hybridized carbons (Fsp3) is 0. The molecule has 0 atom stereocenters. The van der Waals surface area contributed by atoms with E-state index in [-0.39, 0.29) is 0 Å². The molecule has 0 amide bonds. The van der Waals surface area contributed by atoms with Crippen LogP contribution in [0.25, 0.3) is 0 Å². The molecule has 0 aliphatic carbocycles. The fourth-order valence-corrected chi connectivity index (χ4v) is 1.71. The summed E-state index contributed by atoms with van der Waals surface area (Å²) < 4.78 is 0.